The van der Waals surface area contributed by atoms with Crippen molar-refractivity contribution in [2.75, 3.05) is 4.90 Å². The summed E-state index contributed by atoms with van der Waals surface area (Å²) in [5.41, 5.74) is 1.47. The first-order chi connectivity index (χ1) is 9.16. The number of imide groups is 1. The molecule has 0 spiro atoms. The van der Waals surface area contributed by atoms with Crippen LogP contribution < -0.4 is 4.90 Å². The van der Waals surface area contributed by atoms with Gasteiger partial charge in [-0.15, -0.1) is 0 Å². The van der Waals surface area contributed by atoms with Crippen molar-refractivity contribution in [2.45, 2.75) is 6.42 Å². The van der Waals surface area contributed by atoms with Crippen LogP contribution in [0.1, 0.15) is 15.9 Å². The van der Waals surface area contributed by atoms with Gasteiger partial charge in [-0.3, -0.25) is 9.59 Å². The fourth-order valence-electron chi connectivity index (χ4n) is 2.24. The first kappa shape index (κ1) is 11.6. The highest BCUT2D eigenvalue weighted by Gasteiger charge is 2.31. The third-order valence-corrected chi connectivity index (χ3v) is 3.11. The molecule has 2 aromatic carbocycles. The van der Waals surface area contributed by atoms with Crippen molar-refractivity contribution < 1.29 is 14.0 Å². The molecule has 19 heavy (non-hydrogen) atoms. The van der Waals surface area contributed by atoms with E-state index in [2.05, 4.69) is 0 Å². The molecule has 4 heteroatoms. The largest absolute Gasteiger partial charge is 0.274 e. The van der Waals surface area contributed by atoms with Crippen molar-refractivity contribution in [3.8, 4) is 0 Å². The van der Waals surface area contributed by atoms with Crippen molar-refractivity contribution >= 4 is 17.5 Å². The van der Waals surface area contributed by atoms with Crippen LogP contribution >= 0.6 is 0 Å². The molecule has 0 atom stereocenters. The molecule has 0 saturated heterocycles. The molecule has 94 valence electrons. The number of anilines is 1. The van der Waals surface area contributed by atoms with Gasteiger partial charge < -0.3 is 0 Å². The lowest BCUT2D eigenvalue weighted by Gasteiger charge is -2.26. The minimum Gasteiger partial charge on any atom is -0.274 e. The maximum Gasteiger partial charge on any atom is 0.265 e. The first-order valence-electron chi connectivity index (χ1n) is 5.87. The number of fused-ring (bicyclic) bond motifs is 1. The number of hydrogen-bond acceptors (Lipinski definition) is 2. The number of halogens is 1. The van der Waals surface area contributed by atoms with Gasteiger partial charge in [-0.1, -0.05) is 24.3 Å². The third kappa shape index (κ3) is 1.91. The lowest BCUT2D eigenvalue weighted by atomic mass is 9.98. The Morgan fingerprint density at radius 1 is 1.00 bits per heavy atom. The zero-order valence-corrected chi connectivity index (χ0v) is 9.97. The summed E-state index contributed by atoms with van der Waals surface area (Å²) in [6.07, 6.45) is 0.151. The Bertz CT molecular complexity index is 681. The number of benzene rings is 2. The number of rotatable bonds is 1. The predicted molar refractivity (Wildman–Crippen MR) is 68.4 cm³/mol. The van der Waals surface area contributed by atoms with Crippen LogP contribution in [0.4, 0.5) is 10.1 Å². The molecule has 2 amide bonds. The molecular weight excluding hydrogens is 245 g/mol. The zero-order valence-electron chi connectivity index (χ0n) is 9.97. The van der Waals surface area contributed by atoms with Gasteiger partial charge in [0.25, 0.3) is 5.91 Å². The minimum absolute atomic E-state index is 0.151. The summed E-state index contributed by atoms with van der Waals surface area (Å²) in [6.45, 7) is 0. The Morgan fingerprint density at radius 2 is 1.79 bits per heavy atom. The Hall–Kier alpha value is -2.49. The van der Waals surface area contributed by atoms with Gasteiger partial charge in [0.15, 0.2) is 0 Å². The third-order valence-electron chi connectivity index (χ3n) is 3.11. The van der Waals surface area contributed by atoms with E-state index in [1.165, 1.54) is 18.2 Å². The van der Waals surface area contributed by atoms with E-state index in [-0.39, 0.29) is 18.0 Å². The summed E-state index contributed by atoms with van der Waals surface area (Å²) in [6, 6.07) is 12.5. The van der Waals surface area contributed by atoms with E-state index in [4.69, 9.17) is 0 Å². The van der Waals surface area contributed by atoms with Crippen molar-refractivity contribution in [3.05, 3.63) is 65.5 Å². The molecule has 2 aromatic rings. The summed E-state index contributed by atoms with van der Waals surface area (Å²) < 4.78 is 13.2. The van der Waals surface area contributed by atoms with E-state index in [0.717, 1.165) is 4.90 Å². The van der Waals surface area contributed by atoms with Gasteiger partial charge in [0.2, 0.25) is 5.91 Å². The van der Waals surface area contributed by atoms with E-state index in [0.29, 0.717) is 11.1 Å². The van der Waals surface area contributed by atoms with Gasteiger partial charge in [-0.2, -0.15) is 0 Å². The van der Waals surface area contributed by atoms with Crippen LogP contribution in [-0.4, -0.2) is 11.8 Å². The normalized spacial score (nSPS) is 14.5. The summed E-state index contributed by atoms with van der Waals surface area (Å²) in [5, 5.41) is 0. The average molecular weight is 255 g/mol. The molecule has 1 aliphatic rings. The lowest BCUT2D eigenvalue weighted by Crippen LogP contribution is -2.42. The van der Waals surface area contributed by atoms with E-state index in [1.54, 1.807) is 30.3 Å². The van der Waals surface area contributed by atoms with Gasteiger partial charge >= 0.3 is 0 Å². The Kier molecular flexibility index (Phi) is 2.63. The molecule has 0 N–H and O–H groups in total. The fraction of sp³-hybridized carbons (Fsp3) is 0.0667. The van der Waals surface area contributed by atoms with Crippen molar-refractivity contribution in [1.82, 2.24) is 0 Å². The molecule has 0 bridgehead atoms. The highest BCUT2D eigenvalue weighted by atomic mass is 19.1. The van der Waals surface area contributed by atoms with E-state index in [9.17, 15) is 14.0 Å². The number of hydrogen-bond donors (Lipinski definition) is 0. The van der Waals surface area contributed by atoms with Crippen molar-refractivity contribution in [2.24, 2.45) is 0 Å². The molecule has 1 heterocycles. The number of nitrogens with zero attached hydrogens (tertiary/aromatic N) is 1. The van der Waals surface area contributed by atoms with Gasteiger partial charge in [0.05, 0.1) is 12.1 Å². The molecule has 0 saturated carbocycles. The van der Waals surface area contributed by atoms with Gasteiger partial charge in [-0.25, -0.2) is 9.29 Å². The number of amides is 2. The summed E-state index contributed by atoms with van der Waals surface area (Å²) in [7, 11) is 0. The molecule has 0 aromatic heterocycles. The Morgan fingerprint density at radius 3 is 2.58 bits per heavy atom. The average Bonchev–Trinajstić information content (AvgIpc) is 2.39. The monoisotopic (exact) mass is 255 g/mol. The van der Waals surface area contributed by atoms with E-state index < -0.39 is 11.7 Å². The molecular formula is C15H10FNO2. The lowest BCUT2D eigenvalue weighted by molar-refractivity contribution is -0.117. The quantitative estimate of drug-likeness (QED) is 0.734. The highest BCUT2D eigenvalue weighted by Crippen LogP contribution is 2.25. The van der Waals surface area contributed by atoms with Crippen LogP contribution in [-0.2, 0) is 11.2 Å². The maximum atomic E-state index is 13.2. The molecule has 0 fully saturated rings. The van der Waals surface area contributed by atoms with Gasteiger partial charge in [-0.05, 0) is 29.8 Å². The van der Waals surface area contributed by atoms with Crippen LogP contribution in [0.5, 0.6) is 0 Å². The van der Waals surface area contributed by atoms with Gasteiger partial charge in [0.1, 0.15) is 5.82 Å². The molecule has 0 radical (unpaired) electrons. The second-order valence-electron chi connectivity index (χ2n) is 4.35. The Balaban J connectivity index is 2.09. The Labute approximate surface area is 109 Å². The number of carbonyl (C=O) groups is 2. The second kappa shape index (κ2) is 4.31. The smallest absolute Gasteiger partial charge is 0.265 e. The fourth-order valence-corrected chi connectivity index (χ4v) is 2.24. The summed E-state index contributed by atoms with van der Waals surface area (Å²) >= 11 is 0. The minimum atomic E-state index is -0.475. The van der Waals surface area contributed by atoms with Crippen molar-refractivity contribution in [1.29, 1.82) is 0 Å². The van der Waals surface area contributed by atoms with E-state index >= 15 is 0 Å². The summed E-state index contributed by atoms with van der Waals surface area (Å²) in [4.78, 5) is 25.4. The van der Waals surface area contributed by atoms with Gasteiger partial charge in [0, 0.05) is 5.56 Å². The predicted octanol–water partition coefficient (Wildman–Crippen LogP) is 2.56. The van der Waals surface area contributed by atoms with Crippen LogP contribution in [0.25, 0.3) is 0 Å². The second-order valence-corrected chi connectivity index (χ2v) is 4.35. The zero-order chi connectivity index (χ0) is 13.4. The first-order valence-corrected chi connectivity index (χ1v) is 5.87. The number of carbonyl (C=O) groups excluding carboxylic acids is 2. The SMILES string of the molecule is O=C1Cc2ccccc2C(=O)N1c1cccc(F)c1. The molecule has 0 aliphatic carbocycles. The van der Waals surface area contributed by atoms with Crippen LogP contribution in [0, 0.1) is 5.82 Å². The van der Waals surface area contributed by atoms with Crippen LogP contribution in [0.15, 0.2) is 48.5 Å². The molecule has 3 rings (SSSR count). The highest BCUT2D eigenvalue weighted by molar-refractivity contribution is 6.24. The molecule has 0 unspecified atom stereocenters. The van der Waals surface area contributed by atoms with Crippen LogP contribution in [0.3, 0.4) is 0 Å². The topological polar surface area (TPSA) is 37.4 Å². The maximum absolute atomic E-state index is 13.2. The standard InChI is InChI=1S/C15H10FNO2/c16-11-5-3-6-12(9-11)17-14(18)8-10-4-1-2-7-13(10)15(17)19/h1-7,9H,8H2. The molecule has 3 nitrogen and oxygen atoms in total. The van der Waals surface area contributed by atoms with E-state index in [1.807, 2.05) is 0 Å². The summed E-state index contributed by atoms with van der Waals surface area (Å²) in [5.74, 6) is -1.22. The molecule has 1 aliphatic heterocycles. The van der Waals surface area contributed by atoms with Crippen LogP contribution in [0.2, 0.25) is 0 Å². The van der Waals surface area contributed by atoms with Crippen molar-refractivity contribution in [3.63, 3.8) is 0 Å².